The predicted octanol–water partition coefficient (Wildman–Crippen LogP) is 2.74. The minimum atomic E-state index is -0.616. The van der Waals surface area contributed by atoms with Gasteiger partial charge >= 0.3 is 0 Å². The Morgan fingerprint density at radius 1 is 1.62 bits per heavy atom. The summed E-state index contributed by atoms with van der Waals surface area (Å²) in [5.41, 5.74) is 0. The van der Waals surface area contributed by atoms with E-state index in [9.17, 15) is 4.39 Å². The predicted molar refractivity (Wildman–Crippen MR) is 34.4 cm³/mol. The number of rotatable bonds is 4. The molecule has 0 bridgehead atoms. The largest absolute Gasteiger partial charge is 0.248 e. The molecule has 1 unspecified atom stereocenters. The smallest absolute Gasteiger partial charge is 0.0973 e. The van der Waals surface area contributed by atoms with E-state index in [1.807, 2.05) is 6.92 Å². The van der Waals surface area contributed by atoms with Gasteiger partial charge in [-0.25, -0.2) is 4.39 Å². The second-order valence-corrected chi connectivity index (χ2v) is 2.12. The van der Waals surface area contributed by atoms with Gasteiger partial charge in [0.2, 0.25) is 0 Å². The SMILES string of the molecule is C[CH]CCCC(C)F. The van der Waals surface area contributed by atoms with Gasteiger partial charge in [0.25, 0.3) is 0 Å². The summed E-state index contributed by atoms with van der Waals surface area (Å²) in [5.74, 6) is 0. The van der Waals surface area contributed by atoms with Crippen LogP contribution in [0.4, 0.5) is 4.39 Å². The third kappa shape index (κ3) is 5.93. The van der Waals surface area contributed by atoms with E-state index < -0.39 is 6.17 Å². The maximum Gasteiger partial charge on any atom is 0.0973 e. The molecule has 1 atom stereocenters. The van der Waals surface area contributed by atoms with Crippen molar-refractivity contribution in [1.82, 2.24) is 0 Å². The summed E-state index contributed by atoms with van der Waals surface area (Å²) in [6, 6.07) is 0. The van der Waals surface area contributed by atoms with Crippen molar-refractivity contribution in [2.75, 3.05) is 0 Å². The Morgan fingerprint density at radius 2 is 2.25 bits per heavy atom. The average molecular weight is 117 g/mol. The lowest BCUT2D eigenvalue weighted by Gasteiger charge is -1.97. The van der Waals surface area contributed by atoms with Gasteiger partial charge in [0.05, 0.1) is 6.17 Å². The molecule has 49 valence electrons. The molecule has 8 heavy (non-hydrogen) atoms. The molecule has 0 heterocycles. The Bertz CT molecular complexity index is 41.7. The molecule has 0 spiro atoms. The quantitative estimate of drug-likeness (QED) is 0.497. The molecule has 0 aliphatic heterocycles. The zero-order chi connectivity index (χ0) is 6.41. The van der Waals surface area contributed by atoms with Crippen molar-refractivity contribution in [2.45, 2.75) is 39.3 Å². The van der Waals surface area contributed by atoms with Crippen molar-refractivity contribution >= 4 is 0 Å². The zero-order valence-electron chi connectivity index (χ0n) is 5.65. The van der Waals surface area contributed by atoms with Crippen LogP contribution in [0.1, 0.15) is 33.1 Å². The molecule has 0 nitrogen and oxygen atoms in total. The average Bonchev–Trinajstić information content (AvgIpc) is 1.66. The van der Waals surface area contributed by atoms with Crippen LogP contribution in [0.5, 0.6) is 0 Å². The van der Waals surface area contributed by atoms with Crippen LogP contribution in [0, 0.1) is 6.42 Å². The van der Waals surface area contributed by atoms with Crippen LogP contribution in [-0.4, -0.2) is 6.17 Å². The summed E-state index contributed by atoms with van der Waals surface area (Å²) in [6.07, 6.45) is 4.21. The molecule has 1 heteroatoms. The summed E-state index contributed by atoms with van der Waals surface area (Å²) in [4.78, 5) is 0. The van der Waals surface area contributed by atoms with Crippen LogP contribution in [0.2, 0.25) is 0 Å². The van der Waals surface area contributed by atoms with E-state index >= 15 is 0 Å². The van der Waals surface area contributed by atoms with Gasteiger partial charge in [0.15, 0.2) is 0 Å². The molecule has 0 fully saturated rings. The highest BCUT2D eigenvalue weighted by Crippen LogP contribution is 2.03. The van der Waals surface area contributed by atoms with Gasteiger partial charge < -0.3 is 0 Å². The van der Waals surface area contributed by atoms with Crippen molar-refractivity contribution in [3.8, 4) is 0 Å². The van der Waals surface area contributed by atoms with Crippen molar-refractivity contribution in [3.05, 3.63) is 6.42 Å². The number of halogens is 1. The first-order valence-corrected chi connectivity index (χ1v) is 3.19. The number of hydrogen-bond acceptors (Lipinski definition) is 0. The fraction of sp³-hybridized carbons (Fsp3) is 0.857. The first-order chi connectivity index (χ1) is 3.77. The Morgan fingerprint density at radius 3 is 2.62 bits per heavy atom. The van der Waals surface area contributed by atoms with Gasteiger partial charge in [-0.05, 0) is 19.8 Å². The number of alkyl halides is 1. The zero-order valence-corrected chi connectivity index (χ0v) is 5.65. The molecule has 0 aliphatic rings. The van der Waals surface area contributed by atoms with Gasteiger partial charge in [-0.1, -0.05) is 19.8 Å². The Labute approximate surface area is 51.1 Å². The highest BCUT2D eigenvalue weighted by Gasteiger charge is 1.94. The van der Waals surface area contributed by atoms with E-state index in [1.54, 1.807) is 6.92 Å². The lowest BCUT2D eigenvalue weighted by atomic mass is 10.1. The van der Waals surface area contributed by atoms with E-state index in [1.165, 1.54) is 0 Å². The maximum atomic E-state index is 12.0. The summed E-state index contributed by atoms with van der Waals surface area (Å²) < 4.78 is 12.0. The van der Waals surface area contributed by atoms with Crippen LogP contribution in [-0.2, 0) is 0 Å². The van der Waals surface area contributed by atoms with E-state index in [4.69, 9.17) is 0 Å². The molecule has 0 saturated heterocycles. The summed E-state index contributed by atoms with van der Waals surface area (Å²) in [6.45, 7) is 3.61. The van der Waals surface area contributed by atoms with Gasteiger partial charge in [-0.2, -0.15) is 0 Å². The molecule has 0 aromatic rings. The lowest BCUT2D eigenvalue weighted by molar-refractivity contribution is 0.334. The fourth-order valence-electron chi connectivity index (χ4n) is 0.603. The van der Waals surface area contributed by atoms with Gasteiger partial charge in [0, 0.05) is 0 Å². The van der Waals surface area contributed by atoms with Gasteiger partial charge in [-0.3, -0.25) is 0 Å². The Balaban J connectivity index is 2.72. The van der Waals surface area contributed by atoms with Crippen molar-refractivity contribution in [2.24, 2.45) is 0 Å². The normalized spacial score (nSPS) is 13.9. The molecule has 0 aliphatic carbocycles. The highest BCUT2D eigenvalue weighted by atomic mass is 19.1. The molecule has 0 aromatic carbocycles. The third-order valence-electron chi connectivity index (χ3n) is 1.09. The minimum Gasteiger partial charge on any atom is -0.248 e. The Hall–Kier alpha value is -0.0700. The van der Waals surface area contributed by atoms with Crippen LogP contribution >= 0.6 is 0 Å². The first kappa shape index (κ1) is 7.93. The molecule has 0 aromatic heterocycles. The molecule has 0 N–H and O–H groups in total. The molecule has 0 rings (SSSR count). The maximum absolute atomic E-state index is 12.0. The first-order valence-electron chi connectivity index (χ1n) is 3.19. The van der Waals surface area contributed by atoms with Crippen LogP contribution in [0.25, 0.3) is 0 Å². The second kappa shape index (κ2) is 5.07. The molecular formula is C7H14F. The van der Waals surface area contributed by atoms with Crippen molar-refractivity contribution < 1.29 is 4.39 Å². The summed E-state index contributed by atoms with van der Waals surface area (Å²) in [7, 11) is 0. The second-order valence-electron chi connectivity index (χ2n) is 2.12. The standard InChI is InChI=1S/C7H14F/c1-3-4-5-6-7(2)8/h3,7H,4-6H2,1-2H3. The summed E-state index contributed by atoms with van der Waals surface area (Å²) >= 11 is 0. The van der Waals surface area contributed by atoms with Crippen LogP contribution in [0.15, 0.2) is 0 Å². The van der Waals surface area contributed by atoms with E-state index in [0.29, 0.717) is 6.42 Å². The topological polar surface area (TPSA) is 0 Å². The van der Waals surface area contributed by atoms with Gasteiger partial charge in [-0.15, -0.1) is 0 Å². The molecule has 0 saturated carbocycles. The highest BCUT2D eigenvalue weighted by molar-refractivity contribution is 4.57. The number of unbranched alkanes of at least 4 members (excludes halogenated alkanes) is 2. The van der Waals surface area contributed by atoms with Crippen LogP contribution < -0.4 is 0 Å². The van der Waals surface area contributed by atoms with Crippen molar-refractivity contribution in [3.63, 3.8) is 0 Å². The molecule has 0 amide bonds. The molecular weight excluding hydrogens is 103 g/mol. The Kier molecular flexibility index (Phi) is 5.03. The monoisotopic (exact) mass is 117 g/mol. The van der Waals surface area contributed by atoms with E-state index in [0.717, 1.165) is 12.8 Å². The van der Waals surface area contributed by atoms with E-state index in [-0.39, 0.29) is 0 Å². The van der Waals surface area contributed by atoms with Crippen molar-refractivity contribution in [1.29, 1.82) is 0 Å². The summed E-state index contributed by atoms with van der Waals surface area (Å²) in [5, 5.41) is 0. The number of hydrogen-bond donors (Lipinski definition) is 0. The minimum absolute atomic E-state index is 0.616. The molecule has 1 radical (unpaired) electrons. The third-order valence-corrected chi connectivity index (χ3v) is 1.09. The van der Waals surface area contributed by atoms with Crippen LogP contribution in [0.3, 0.4) is 0 Å². The van der Waals surface area contributed by atoms with Gasteiger partial charge in [0.1, 0.15) is 0 Å². The van der Waals surface area contributed by atoms with E-state index in [2.05, 4.69) is 6.42 Å². The fourth-order valence-corrected chi connectivity index (χ4v) is 0.603. The lowest BCUT2D eigenvalue weighted by Crippen LogP contribution is -1.90.